The van der Waals surface area contributed by atoms with Crippen LogP contribution in [0.3, 0.4) is 0 Å². The summed E-state index contributed by atoms with van der Waals surface area (Å²) < 4.78 is 12.8. The van der Waals surface area contributed by atoms with Gasteiger partial charge in [-0.05, 0) is 37.4 Å². The molecule has 0 radical (unpaired) electrons. The Balaban J connectivity index is 1.89. The molecule has 3 aliphatic carbocycles. The summed E-state index contributed by atoms with van der Waals surface area (Å²) in [6, 6.07) is 1.74. The molecular weight excluding hydrogens is 473 g/mol. The smallest absolute Gasteiger partial charge is 0.255 e. The van der Waals surface area contributed by atoms with E-state index in [2.05, 4.69) is 0 Å². The molecule has 6 N–H and O–H groups in total. The van der Waals surface area contributed by atoms with E-state index < -0.39 is 58.7 Å². The van der Waals surface area contributed by atoms with Gasteiger partial charge in [-0.25, -0.2) is 4.39 Å². The summed E-state index contributed by atoms with van der Waals surface area (Å²) in [5.41, 5.74) is 3.14. The van der Waals surface area contributed by atoms with Crippen molar-refractivity contribution in [3.8, 4) is 5.75 Å². The number of aromatic hydroxyl groups is 1. The fraction of sp³-hybridized carbons (Fsp3) is 0.480. The molecule has 0 fully saturated rings. The minimum atomic E-state index is -2.60. The number of halogens is 1. The Morgan fingerprint density at radius 2 is 1.86 bits per heavy atom. The number of anilines is 1. The van der Waals surface area contributed by atoms with Gasteiger partial charge in [0, 0.05) is 56.3 Å². The van der Waals surface area contributed by atoms with Crippen molar-refractivity contribution in [3.05, 3.63) is 45.4 Å². The van der Waals surface area contributed by atoms with E-state index in [0.29, 0.717) is 16.8 Å². The number of hydrogen-bond acceptors (Lipinski definition) is 9. The number of nitrogens with zero attached hydrogens (tertiary/aromatic N) is 2. The molecule has 3 atom stereocenters. The first-order valence-electron chi connectivity index (χ1n) is 11.6. The van der Waals surface area contributed by atoms with Crippen LogP contribution in [0.2, 0.25) is 0 Å². The molecule has 11 heteroatoms. The first kappa shape index (κ1) is 25.6. The third kappa shape index (κ3) is 3.65. The minimum Gasteiger partial charge on any atom is -0.511 e. The van der Waals surface area contributed by atoms with E-state index in [9.17, 15) is 39.2 Å². The zero-order valence-corrected chi connectivity index (χ0v) is 20.3. The van der Waals surface area contributed by atoms with Gasteiger partial charge in [-0.1, -0.05) is 0 Å². The zero-order valence-electron chi connectivity index (χ0n) is 20.3. The molecule has 0 aromatic heterocycles. The fourth-order valence-corrected chi connectivity index (χ4v) is 5.76. The van der Waals surface area contributed by atoms with Crippen molar-refractivity contribution in [3.63, 3.8) is 0 Å². The molecule has 194 valence electrons. The van der Waals surface area contributed by atoms with Gasteiger partial charge in [0.15, 0.2) is 11.4 Å². The number of phenolic OH excluding ortho intramolecular Hbond substituents is 1. The molecule has 10 nitrogen and oxygen atoms in total. The Bertz CT molecular complexity index is 1240. The number of hydrogen-bond donors (Lipinski definition) is 5. The van der Waals surface area contributed by atoms with E-state index in [1.54, 1.807) is 37.0 Å². The van der Waals surface area contributed by atoms with Gasteiger partial charge in [-0.15, -0.1) is 0 Å². The lowest BCUT2D eigenvalue weighted by molar-refractivity contribution is -0.144. The van der Waals surface area contributed by atoms with Gasteiger partial charge < -0.3 is 31.1 Å². The van der Waals surface area contributed by atoms with Crippen LogP contribution in [0.25, 0.3) is 0 Å². The molecule has 0 bridgehead atoms. The second-order valence-electron chi connectivity index (χ2n) is 9.99. The van der Waals surface area contributed by atoms with Gasteiger partial charge in [0.25, 0.3) is 5.91 Å². The van der Waals surface area contributed by atoms with Gasteiger partial charge in [-0.3, -0.25) is 19.3 Å². The Kier molecular flexibility index (Phi) is 6.34. The molecule has 0 saturated carbocycles. The SMILES string of the molecule is CN(CCF)Cc1cc(N(C)C)c2c(c1O)C(=O)C1=C(O)[C@]3(O)C(=O)C(C(N)=O)=C(O)C[C@@H]3C[C@@H]1C2. The number of primary amides is 1. The average molecular weight is 504 g/mol. The quantitative estimate of drug-likeness (QED) is 0.357. The second kappa shape index (κ2) is 8.90. The fourth-order valence-electron chi connectivity index (χ4n) is 5.76. The summed E-state index contributed by atoms with van der Waals surface area (Å²) in [5, 5.41) is 43.9. The number of rotatable bonds is 6. The van der Waals surface area contributed by atoms with Gasteiger partial charge in [0.1, 0.15) is 29.5 Å². The highest BCUT2D eigenvalue weighted by Crippen LogP contribution is 2.52. The maximum Gasteiger partial charge on any atom is 0.255 e. The molecule has 0 aliphatic heterocycles. The number of phenols is 1. The summed E-state index contributed by atoms with van der Waals surface area (Å²) >= 11 is 0. The number of carbonyl (C=O) groups is 3. The standard InChI is InChI=1S/C25H30FN3O7/c1-28(2)15-8-12(10-29(3)5-4-26)20(31)18-14(15)7-11-6-13-9-16(30)19(24(27)35)23(34)25(13,36)22(33)17(11)21(18)32/h8,11,13,30-31,33,36H,4-7,9-10H2,1-3H3,(H2,27,35)/t11-,13+,25+/m1/s1. The number of fused-ring (bicyclic) bond motifs is 3. The van der Waals surface area contributed by atoms with Crippen LogP contribution < -0.4 is 10.6 Å². The topological polar surface area (TPSA) is 165 Å². The Labute approximate surface area is 207 Å². The largest absolute Gasteiger partial charge is 0.511 e. The molecule has 0 unspecified atom stereocenters. The van der Waals surface area contributed by atoms with E-state index in [1.807, 2.05) is 0 Å². The van der Waals surface area contributed by atoms with Crippen molar-refractivity contribution in [1.82, 2.24) is 4.90 Å². The second-order valence-corrected chi connectivity index (χ2v) is 9.99. The Morgan fingerprint density at radius 3 is 2.44 bits per heavy atom. The predicted octanol–water partition coefficient (Wildman–Crippen LogP) is 1.05. The molecular formula is C25H30FN3O7. The highest BCUT2D eigenvalue weighted by molar-refractivity contribution is 6.24. The first-order valence-corrected chi connectivity index (χ1v) is 11.6. The molecule has 1 amide bonds. The molecule has 0 spiro atoms. The normalized spacial score (nSPS) is 25.6. The van der Waals surface area contributed by atoms with Crippen LogP contribution in [0, 0.1) is 11.8 Å². The molecule has 0 heterocycles. The van der Waals surface area contributed by atoms with Crippen molar-refractivity contribution >= 4 is 23.2 Å². The Hall–Kier alpha value is -3.44. The number of alkyl halides is 1. The van der Waals surface area contributed by atoms with E-state index in [0.717, 1.165) is 0 Å². The van der Waals surface area contributed by atoms with Crippen LogP contribution in [0.1, 0.15) is 34.3 Å². The van der Waals surface area contributed by atoms with Crippen LogP contribution >= 0.6 is 0 Å². The van der Waals surface area contributed by atoms with E-state index in [1.165, 1.54) is 0 Å². The van der Waals surface area contributed by atoms with E-state index in [-0.39, 0.29) is 49.2 Å². The van der Waals surface area contributed by atoms with E-state index in [4.69, 9.17) is 5.73 Å². The summed E-state index contributed by atoms with van der Waals surface area (Å²) in [7, 11) is 5.23. The number of allylic oxidation sites excluding steroid dienone is 2. The van der Waals surface area contributed by atoms with Crippen molar-refractivity contribution in [1.29, 1.82) is 0 Å². The average Bonchev–Trinajstić information content (AvgIpc) is 2.77. The molecule has 1 aromatic rings. The number of aliphatic hydroxyl groups is 3. The number of carbonyl (C=O) groups excluding carboxylic acids is 3. The number of amides is 1. The van der Waals surface area contributed by atoms with Crippen LogP contribution in [0.15, 0.2) is 28.7 Å². The maximum absolute atomic E-state index is 13.8. The molecule has 1 aromatic carbocycles. The third-order valence-electron chi connectivity index (χ3n) is 7.51. The van der Waals surface area contributed by atoms with Crippen LogP contribution in [0.5, 0.6) is 5.75 Å². The number of Topliss-reactive ketones (excluding diaryl/α,β-unsaturated/α-hetero) is 2. The Morgan fingerprint density at radius 1 is 1.19 bits per heavy atom. The van der Waals surface area contributed by atoms with E-state index >= 15 is 0 Å². The van der Waals surface area contributed by atoms with Crippen LogP contribution in [-0.4, -0.2) is 82.8 Å². The summed E-state index contributed by atoms with van der Waals surface area (Å²) in [5.74, 6) is -6.61. The summed E-state index contributed by atoms with van der Waals surface area (Å²) in [4.78, 5) is 42.0. The molecule has 36 heavy (non-hydrogen) atoms. The molecule has 0 saturated heterocycles. The van der Waals surface area contributed by atoms with Crippen molar-refractivity contribution in [2.24, 2.45) is 17.6 Å². The summed E-state index contributed by atoms with van der Waals surface area (Å²) in [6.45, 7) is -0.313. The zero-order chi connectivity index (χ0) is 26.7. The molecule has 3 aliphatic rings. The van der Waals surface area contributed by atoms with Gasteiger partial charge in [0.05, 0.1) is 5.56 Å². The van der Waals surface area contributed by atoms with Gasteiger partial charge in [0.2, 0.25) is 5.78 Å². The van der Waals surface area contributed by atoms with Gasteiger partial charge >= 0.3 is 0 Å². The van der Waals surface area contributed by atoms with Crippen LogP contribution in [0.4, 0.5) is 10.1 Å². The number of benzene rings is 1. The number of ketones is 2. The molecule has 4 rings (SSSR count). The maximum atomic E-state index is 13.8. The van der Waals surface area contributed by atoms with Crippen molar-refractivity contribution in [2.75, 3.05) is 39.3 Å². The highest BCUT2D eigenvalue weighted by atomic mass is 19.1. The van der Waals surface area contributed by atoms with Gasteiger partial charge in [-0.2, -0.15) is 0 Å². The van der Waals surface area contributed by atoms with Crippen molar-refractivity contribution < 1.29 is 39.2 Å². The van der Waals surface area contributed by atoms with Crippen LogP contribution in [-0.2, 0) is 22.6 Å². The predicted molar refractivity (Wildman–Crippen MR) is 127 cm³/mol. The number of nitrogens with two attached hydrogens (primary N) is 1. The third-order valence-corrected chi connectivity index (χ3v) is 7.51. The van der Waals surface area contributed by atoms with Crippen molar-refractivity contribution in [2.45, 2.75) is 31.4 Å². The first-order chi connectivity index (χ1) is 16.8. The monoisotopic (exact) mass is 503 g/mol. The lowest BCUT2D eigenvalue weighted by Crippen LogP contribution is -2.57. The lowest BCUT2D eigenvalue weighted by Gasteiger charge is -2.46. The minimum absolute atomic E-state index is 0.0542. The number of aliphatic hydroxyl groups excluding tert-OH is 2. The highest BCUT2D eigenvalue weighted by Gasteiger charge is 2.59. The lowest BCUT2D eigenvalue weighted by atomic mass is 9.60. The summed E-state index contributed by atoms with van der Waals surface area (Å²) in [6.07, 6.45) is 0.00856.